The number of hydrogen-bond donors (Lipinski definition) is 2. The Kier molecular flexibility index (Phi) is 6.58. The van der Waals surface area contributed by atoms with Gasteiger partial charge in [-0.3, -0.25) is 9.89 Å². The first kappa shape index (κ1) is 26.0. The summed E-state index contributed by atoms with van der Waals surface area (Å²) in [7, 11) is 1.88. The summed E-state index contributed by atoms with van der Waals surface area (Å²) in [5.41, 5.74) is 3.73. The van der Waals surface area contributed by atoms with Crippen LogP contribution in [0, 0.1) is 0 Å². The first-order chi connectivity index (χ1) is 19.7. The maximum absolute atomic E-state index is 13.1. The lowest BCUT2D eigenvalue weighted by atomic mass is 10.1. The van der Waals surface area contributed by atoms with Gasteiger partial charge in [-0.1, -0.05) is 24.3 Å². The minimum atomic E-state index is -4.53. The number of aromatic amines is 1. The molecule has 41 heavy (non-hydrogen) atoms. The van der Waals surface area contributed by atoms with Crippen LogP contribution < -0.4 is 19.7 Å². The number of benzene rings is 4. The number of carbonyl (C=O) groups excluding carboxylic acids is 1. The van der Waals surface area contributed by atoms with Crippen LogP contribution in [0.25, 0.3) is 23.1 Å². The molecule has 2 heterocycles. The standard InChI is InChI=1S/C31H23F3N4O3/c1-38(23-7-3-6-22(16-23)35-30(39)20-4-2-5-21(15-20)31(32,33)34)24-10-11-25-26(36-37-27(25)17-24)12-8-19-9-13-28-29(14-19)41-18-40-28/h2-17H,18H2,1H3,(H,35,39)(H,36,37)/b12-8+. The molecule has 0 spiro atoms. The Morgan fingerprint density at radius 2 is 1.73 bits per heavy atom. The van der Waals surface area contributed by atoms with Crippen LogP contribution in [0.4, 0.5) is 30.2 Å². The number of nitrogens with one attached hydrogen (secondary N) is 2. The van der Waals surface area contributed by atoms with E-state index in [4.69, 9.17) is 9.47 Å². The van der Waals surface area contributed by atoms with E-state index in [-0.39, 0.29) is 12.4 Å². The zero-order valence-corrected chi connectivity index (χ0v) is 21.7. The molecule has 0 aliphatic carbocycles. The number of fused-ring (bicyclic) bond motifs is 2. The van der Waals surface area contributed by atoms with Crippen LogP contribution >= 0.6 is 0 Å². The lowest BCUT2D eigenvalue weighted by Crippen LogP contribution is -2.15. The molecule has 206 valence electrons. The van der Waals surface area contributed by atoms with Crippen LogP contribution in [-0.2, 0) is 6.18 Å². The van der Waals surface area contributed by atoms with Gasteiger partial charge in [-0.25, -0.2) is 0 Å². The molecule has 1 aliphatic rings. The van der Waals surface area contributed by atoms with E-state index in [1.165, 1.54) is 12.1 Å². The van der Waals surface area contributed by atoms with E-state index < -0.39 is 17.6 Å². The van der Waals surface area contributed by atoms with Gasteiger partial charge in [0, 0.05) is 35.1 Å². The quantitative estimate of drug-likeness (QED) is 0.226. The first-order valence-corrected chi connectivity index (χ1v) is 12.6. The van der Waals surface area contributed by atoms with Gasteiger partial charge in [-0.05, 0) is 78.4 Å². The Hall–Kier alpha value is -5.25. The van der Waals surface area contributed by atoms with Crippen molar-refractivity contribution in [2.45, 2.75) is 6.18 Å². The summed E-state index contributed by atoms with van der Waals surface area (Å²) in [5, 5.41) is 11.2. The van der Waals surface area contributed by atoms with Crippen LogP contribution in [0.1, 0.15) is 27.2 Å². The predicted octanol–water partition coefficient (Wildman–Crippen LogP) is 7.50. The summed E-state index contributed by atoms with van der Waals surface area (Å²) in [6, 6.07) is 23.0. The average molecular weight is 557 g/mol. The molecule has 4 aromatic carbocycles. The lowest BCUT2D eigenvalue weighted by Gasteiger charge is -2.20. The molecular formula is C31H23F3N4O3. The van der Waals surface area contributed by atoms with Gasteiger partial charge in [0.2, 0.25) is 6.79 Å². The largest absolute Gasteiger partial charge is 0.454 e. The van der Waals surface area contributed by atoms with Gasteiger partial charge < -0.3 is 19.7 Å². The van der Waals surface area contributed by atoms with Crippen molar-refractivity contribution < 1.29 is 27.4 Å². The molecule has 0 fully saturated rings. The van der Waals surface area contributed by atoms with Crippen LogP contribution in [0.15, 0.2) is 84.9 Å². The first-order valence-electron chi connectivity index (χ1n) is 12.6. The highest BCUT2D eigenvalue weighted by molar-refractivity contribution is 6.04. The maximum Gasteiger partial charge on any atom is 0.416 e. The van der Waals surface area contributed by atoms with Gasteiger partial charge in [0.1, 0.15) is 0 Å². The van der Waals surface area contributed by atoms with Crippen molar-refractivity contribution in [2.75, 3.05) is 24.1 Å². The SMILES string of the molecule is CN(c1cccc(NC(=O)c2cccc(C(F)(F)F)c2)c1)c1ccc2c(/C=C/c3ccc4c(c3)OCO4)n[nH]c2c1. The van der Waals surface area contributed by atoms with Crippen LogP contribution in [0.3, 0.4) is 0 Å². The summed E-state index contributed by atoms with van der Waals surface area (Å²) < 4.78 is 50.0. The monoisotopic (exact) mass is 556 g/mol. The topological polar surface area (TPSA) is 79.5 Å². The van der Waals surface area contributed by atoms with E-state index in [1.54, 1.807) is 18.2 Å². The zero-order chi connectivity index (χ0) is 28.6. The Bertz CT molecular complexity index is 1800. The molecule has 10 heteroatoms. The second-order valence-corrected chi connectivity index (χ2v) is 9.43. The van der Waals surface area contributed by atoms with Crippen molar-refractivity contribution >= 4 is 46.0 Å². The molecule has 5 aromatic rings. The van der Waals surface area contributed by atoms with Crippen molar-refractivity contribution in [3.05, 3.63) is 107 Å². The number of amides is 1. The Morgan fingerprint density at radius 1 is 0.927 bits per heavy atom. The normalized spacial score (nSPS) is 12.7. The lowest BCUT2D eigenvalue weighted by molar-refractivity contribution is -0.137. The summed E-state index contributed by atoms with van der Waals surface area (Å²) in [4.78, 5) is 14.6. The van der Waals surface area contributed by atoms with Gasteiger partial charge in [-0.2, -0.15) is 18.3 Å². The van der Waals surface area contributed by atoms with Gasteiger partial charge in [-0.15, -0.1) is 0 Å². The number of nitrogens with zero attached hydrogens (tertiary/aromatic N) is 2. The minimum absolute atomic E-state index is 0.0772. The fourth-order valence-corrected chi connectivity index (χ4v) is 4.54. The highest BCUT2D eigenvalue weighted by Crippen LogP contribution is 2.34. The van der Waals surface area contributed by atoms with Crippen LogP contribution in [-0.4, -0.2) is 29.9 Å². The zero-order valence-electron chi connectivity index (χ0n) is 21.7. The Morgan fingerprint density at radius 3 is 2.59 bits per heavy atom. The molecule has 1 amide bonds. The third-order valence-electron chi connectivity index (χ3n) is 6.74. The number of ether oxygens (including phenoxy) is 2. The highest BCUT2D eigenvalue weighted by Gasteiger charge is 2.31. The predicted molar refractivity (Wildman–Crippen MR) is 151 cm³/mol. The molecule has 0 atom stereocenters. The van der Waals surface area contributed by atoms with E-state index in [0.29, 0.717) is 11.4 Å². The maximum atomic E-state index is 13.1. The number of H-pyrrole nitrogens is 1. The minimum Gasteiger partial charge on any atom is -0.454 e. The fourth-order valence-electron chi connectivity index (χ4n) is 4.54. The Balaban J connectivity index is 1.18. The number of carbonyl (C=O) groups is 1. The smallest absolute Gasteiger partial charge is 0.416 e. The second kappa shape index (κ2) is 10.4. The van der Waals surface area contributed by atoms with Crippen LogP contribution in [0.2, 0.25) is 0 Å². The summed E-state index contributed by atoms with van der Waals surface area (Å²) in [6.45, 7) is 0.224. The molecule has 0 bridgehead atoms. The second-order valence-electron chi connectivity index (χ2n) is 9.43. The average Bonchev–Trinajstić information content (AvgIpc) is 3.61. The highest BCUT2D eigenvalue weighted by atomic mass is 19.4. The van der Waals surface area contributed by atoms with Crippen molar-refractivity contribution in [2.24, 2.45) is 0 Å². The van der Waals surface area contributed by atoms with Gasteiger partial charge in [0.25, 0.3) is 5.91 Å². The third-order valence-corrected chi connectivity index (χ3v) is 6.74. The summed E-state index contributed by atoms with van der Waals surface area (Å²) >= 11 is 0. The molecule has 1 aliphatic heterocycles. The van der Waals surface area contributed by atoms with Crippen molar-refractivity contribution in [3.8, 4) is 11.5 Å². The van der Waals surface area contributed by atoms with E-state index >= 15 is 0 Å². The van der Waals surface area contributed by atoms with Gasteiger partial charge in [0.05, 0.1) is 16.8 Å². The molecule has 0 unspecified atom stereocenters. The van der Waals surface area contributed by atoms with Crippen LogP contribution in [0.5, 0.6) is 11.5 Å². The van der Waals surface area contributed by atoms with Crippen molar-refractivity contribution in [1.82, 2.24) is 10.2 Å². The number of alkyl halides is 3. The molecule has 1 aromatic heterocycles. The number of anilines is 3. The van der Waals surface area contributed by atoms with E-state index in [2.05, 4.69) is 15.5 Å². The molecule has 0 saturated heterocycles. The van der Waals surface area contributed by atoms with E-state index in [0.717, 1.165) is 51.4 Å². The molecule has 0 radical (unpaired) electrons. The number of hydrogen-bond acceptors (Lipinski definition) is 5. The molecule has 2 N–H and O–H groups in total. The van der Waals surface area contributed by atoms with Crippen molar-refractivity contribution in [3.63, 3.8) is 0 Å². The number of aromatic nitrogens is 2. The molecule has 6 rings (SSSR count). The van der Waals surface area contributed by atoms with E-state index in [1.807, 2.05) is 66.6 Å². The number of rotatable bonds is 6. The third kappa shape index (κ3) is 5.44. The van der Waals surface area contributed by atoms with E-state index in [9.17, 15) is 18.0 Å². The molecule has 7 nitrogen and oxygen atoms in total. The Labute approximate surface area is 232 Å². The summed E-state index contributed by atoms with van der Waals surface area (Å²) in [5.74, 6) is 0.815. The summed E-state index contributed by atoms with van der Waals surface area (Å²) in [6.07, 6.45) is -0.647. The van der Waals surface area contributed by atoms with Crippen molar-refractivity contribution in [1.29, 1.82) is 0 Å². The fraction of sp³-hybridized carbons (Fsp3) is 0.0968. The molecular weight excluding hydrogens is 533 g/mol. The van der Waals surface area contributed by atoms with Gasteiger partial charge in [0.15, 0.2) is 11.5 Å². The molecule has 0 saturated carbocycles. The number of halogens is 3. The van der Waals surface area contributed by atoms with Gasteiger partial charge >= 0.3 is 6.18 Å².